The second-order valence-corrected chi connectivity index (χ2v) is 6.23. The predicted octanol–water partition coefficient (Wildman–Crippen LogP) is 1.68. The molecule has 0 unspecified atom stereocenters. The Morgan fingerprint density at radius 2 is 1.78 bits per heavy atom. The topological polar surface area (TPSA) is 131 Å². The van der Waals surface area contributed by atoms with Gasteiger partial charge in [0.15, 0.2) is 11.5 Å². The Morgan fingerprint density at radius 3 is 2.33 bits per heavy atom. The van der Waals surface area contributed by atoms with E-state index in [0.717, 1.165) is 0 Å². The SMILES string of the molecule is Cc1cc(Cn2nnc(C(N)=O)c2C)cc(O)c1C(=O)c1ccc(O)cc1. The molecule has 0 saturated carbocycles. The van der Waals surface area contributed by atoms with E-state index in [1.807, 2.05) is 0 Å². The number of hydrogen-bond acceptors (Lipinski definition) is 6. The minimum Gasteiger partial charge on any atom is -0.508 e. The normalized spacial score (nSPS) is 10.7. The van der Waals surface area contributed by atoms with Gasteiger partial charge in [-0.1, -0.05) is 11.3 Å². The van der Waals surface area contributed by atoms with Gasteiger partial charge in [0, 0.05) is 5.56 Å². The first-order chi connectivity index (χ1) is 12.8. The molecule has 0 aliphatic rings. The van der Waals surface area contributed by atoms with Crippen LogP contribution in [0.25, 0.3) is 0 Å². The average molecular weight is 366 g/mol. The van der Waals surface area contributed by atoms with Gasteiger partial charge in [0.2, 0.25) is 0 Å². The summed E-state index contributed by atoms with van der Waals surface area (Å²) >= 11 is 0. The van der Waals surface area contributed by atoms with Crippen molar-refractivity contribution in [2.45, 2.75) is 20.4 Å². The fraction of sp³-hybridized carbons (Fsp3) is 0.158. The molecule has 27 heavy (non-hydrogen) atoms. The van der Waals surface area contributed by atoms with E-state index in [-0.39, 0.29) is 35.1 Å². The molecule has 3 aromatic rings. The zero-order chi connectivity index (χ0) is 19.7. The number of hydrogen-bond donors (Lipinski definition) is 3. The quantitative estimate of drug-likeness (QED) is 0.589. The van der Waals surface area contributed by atoms with Crippen LogP contribution in [-0.2, 0) is 6.54 Å². The van der Waals surface area contributed by atoms with Gasteiger partial charge in [0.05, 0.1) is 17.8 Å². The van der Waals surface area contributed by atoms with Crippen molar-refractivity contribution < 1.29 is 19.8 Å². The van der Waals surface area contributed by atoms with E-state index in [4.69, 9.17) is 5.73 Å². The average Bonchev–Trinajstić information content (AvgIpc) is 2.95. The number of amides is 1. The van der Waals surface area contributed by atoms with E-state index >= 15 is 0 Å². The minimum atomic E-state index is -0.660. The van der Waals surface area contributed by atoms with Gasteiger partial charge in [0.25, 0.3) is 5.91 Å². The number of ketones is 1. The summed E-state index contributed by atoms with van der Waals surface area (Å²) in [5, 5.41) is 27.4. The summed E-state index contributed by atoms with van der Waals surface area (Å²) in [6.45, 7) is 3.66. The molecule has 3 rings (SSSR count). The highest BCUT2D eigenvalue weighted by molar-refractivity contribution is 6.11. The van der Waals surface area contributed by atoms with E-state index in [1.165, 1.54) is 35.0 Å². The Balaban J connectivity index is 1.92. The number of benzene rings is 2. The zero-order valence-corrected chi connectivity index (χ0v) is 14.8. The molecule has 138 valence electrons. The van der Waals surface area contributed by atoms with Crippen LogP contribution in [0.3, 0.4) is 0 Å². The highest BCUT2D eigenvalue weighted by Gasteiger charge is 2.19. The van der Waals surface area contributed by atoms with Crippen molar-refractivity contribution in [1.29, 1.82) is 0 Å². The summed E-state index contributed by atoms with van der Waals surface area (Å²) in [7, 11) is 0. The molecule has 4 N–H and O–H groups in total. The molecular formula is C19H18N4O4. The molecule has 2 aromatic carbocycles. The van der Waals surface area contributed by atoms with Gasteiger partial charge in [-0.2, -0.15) is 0 Å². The van der Waals surface area contributed by atoms with Crippen LogP contribution in [-0.4, -0.2) is 36.9 Å². The number of nitrogens with zero attached hydrogens (tertiary/aromatic N) is 3. The summed E-state index contributed by atoms with van der Waals surface area (Å²) in [6, 6.07) is 9.06. The summed E-state index contributed by atoms with van der Waals surface area (Å²) < 4.78 is 1.50. The number of primary amides is 1. The van der Waals surface area contributed by atoms with Crippen LogP contribution in [0.15, 0.2) is 36.4 Å². The van der Waals surface area contributed by atoms with Crippen molar-refractivity contribution in [2.24, 2.45) is 5.73 Å². The third-order valence-corrected chi connectivity index (χ3v) is 4.28. The molecule has 8 nitrogen and oxygen atoms in total. The number of rotatable bonds is 5. The fourth-order valence-electron chi connectivity index (χ4n) is 2.90. The van der Waals surface area contributed by atoms with Crippen molar-refractivity contribution >= 4 is 11.7 Å². The first-order valence-electron chi connectivity index (χ1n) is 8.14. The number of nitrogens with two attached hydrogens (primary N) is 1. The molecular weight excluding hydrogens is 348 g/mol. The fourth-order valence-corrected chi connectivity index (χ4v) is 2.90. The lowest BCUT2D eigenvalue weighted by atomic mass is 9.96. The molecule has 0 fully saturated rings. The molecule has 0 atom stereocenters. The number of carbonyl (C=O) groups excluding carboxylic acids is 2. The van der Waals surface area contributed by atoms with E-state index in [0.29, 0.717) is 22.4 Å². The Morgan fingerprint density at radius 1 is 1.11 bits per heavy atom. The molecule has 0 radical (unpaired) electrons. The first kappa shape index (κ1) is 18.1. The molecule has 1 aromatic heterocycles. The minimum absolute atomic E-state index is 0.0568. The standard InChI is InChI=1S/C19H18N4O4/c1-10-7-12(9-23-11(2)17(19(20)27)21-22-23)8-15(25)16(10)18(26)13-3-5-14(24)6-4-13/h3-8,24-25H,9H2,1-2H3,(H2,20,27). The summed E-state index contributed by atoms with van der Waals surface area (Å²) in [4.78, 5) is 24.0. The maximum Gasteiger partial charge on any atom is 0.271 e. The van der Waals surface area contributed by atoms with Crippen molar-refractivity contribution in [3.05, 3.63) is 70.0 Å². The van der Waals surface area contributed by atoms with Crippen LogP contribution >= 0.6 is 0 Å². The summed E-state index contributed by atoms with van der Waals surface area (Å²) in [6.07, 6.45) is 0. The predicted molar refractivity (Wildman–Crippen MR) is 96.8 cm³/mol. The van der Waals surface area contributed by atoms with Gasteiger partial charge in [-0.25, -0.2) is 4.68 Å². The Bertz CT molecular complexity index is 1020. The van der Waals surface area contributed by atoms with Gasteiger partial charge in [-0.3, -0.25) is 9.59 Å². The number of phenolic OH excluding ortho intramolecular Hbond substituents is 2. The van der Waals surface area contributed by atoms with E-state index < -0.39 is 5.91 Å². The van der Waals surface area contributed by atoms with Crippen molar-refractivity contribution in [2.75, 3.05) is 0 Å². The van der Waals surface area contributed by atoms with Crippen LogP contribution in [0.1, 0.15) is 43.2 Å². The lowest BCUT2D eigenvalue weighted by molar-refractivity contribution is 0.0993. The van der Waals surface area contributed by atoms with Crippen LogP contribution < -0.4 is 5.73 Å². The van der Waals surface area contributed by atoms with E-state index in [1.54, 1.807) is 19.9 Å². The number of aromatic hydroxyl groups is 2. The molecule has 1 heterocycles. The van der Waals surface area contributed by atoms with Gasteiger partial charge in [-0.15, -0.1) is 5.10 Å². The van der Waals surface area contributed by atoms with Gasteiger partial charge in [0.1, 0.15) is 11.5 Å². The third kappa shape index (κ3) is 3.50. The van der Waals surface area contributed by atoms with E-state index in [9.17, 15) is 19.8 Å². The largest absolute Gasteiger partial charge is 0.508 e. The third-order valence-electron chi connectivity index (χ3n) is 4.28. The molecule has 0 saturated heterocycles. The van der Waals surface area contributed by atoms with Crippen molar-refractivity contribution in [3.8, 4) is 11.5 Å². The number of carbonyl (C=O) groups is 2. The van der Waals surface area contributed by atoms with Crippen LogP contribution in [0.5, 0.6) is 11.5 Å². The smallest absolute Gasteiger partial charge is 0.271 e. The summed E-state index contributed by atoms with van der Waals surface area (Å²) in [5.74, 6) is -1.10. The molecule has 8 heteroatoms. The highest BCUT2D eigenvalue weighted by Crippen LogP contribution is 2.27. The van der Waals surface area contributed by atoms with E-state index in [2.05, 4.69) is 10.3 Å². The van der Waals surface area contributed by atoms with Crippen LogP contribution in [0.2, 0.25) is 0 Å². The monoisotopic (exact) mass is 366 g/mol. The molecule has 0 spiro atoms. The summed E-state index contributed by atoms with van der Waals surface area (Å²) in [5.41, 5.74) is 7.68. The Hall–Kier alpha value is -3.68. The van der Waals surface area contributed by atoms with Crippen molar-refractivity contribution in [3.63, 3.8) is 0 Å². The van der Waals surface area contributed by atoms with Crippen LogP contribution in [0.4, 0.5) is 0 Å². The first-order valence-corrected chi connectivity index (χ1v) is 8.14. The molecule has 1 amide bonds. The molecule has 0 aliphatic carbocycles. The highest BCUT2D eigenvalue weighted by atomic mass is 16.3. The zero-order valence-electron chi connectivity index (χ0n) is 14.8. The Labute approximate surface area is 154 Å². The molecule has 0 bridgehead atoms. The second-order valence-electron chi connectivity index (χ2n) is 6.23. The van der Waals surface area contributed by atoms with Gasteiger partial charge >= 0.3 is 0 Å². The maximum absolute atomic E-state index is 12.7. The molecule has 0 aliphatic heterocycles. The number of phenols is 2. The number of aryl methyl sites for hydroxylation is 1. The van der Waals surface area contributed by atoms with Gasteiger partial charge in [-0.05, 0) is 55.3 Å². The van der Waals surface area contributed by atoms with Crippen molar-refractivity contribution in [1.82, 2.24) is 15.0 Å². The lowest BCUT2D eigenvalue weighted by Crippen LogP contribution is -2.14. The second kappa shape index (κ2) is 6.91. The van der Waals surface area contributed by atoms with Gasteiger partial charge < -0.3 is 15.9 Å². The number of aromatic nitrogens is 3. The van der Waals surface area contributed by atoms with Crippen LogP contribution in [0, 0.1) is 13.8 Å². The Kier molecular flexibility index (Phi) is 4.64. The maximum atomic E-state index is 12.7. The lowest BCUT2D eigenvalue weighted by Gasteiger charge is -2.11.